The van der Waals surface area contributed by atoms with Crippen LogP contribution in [0.4, 0.5) is 13.2 Å². The molecule has 1 saturated carbocycles. The highest BCUT2D eigenvalue weighted by Gasteiger charge is 2.30. The van der Waals surface area contributed by atoms with Gasteiger partial charge in [-0.1, -0.05) is 12.8 Å². The molecule has 2 heterocycles. The van der Waals surface area contributed by atoms with Crippen LogP contribution < -0.4 is 5.32 Å². The Morgan fingerprint density at radius 1 is 1.43 bits per heavy atom. The second-order valence-corrected chi connectivity index (χ2v) is 6.50. The van der Waals surface area contributed by atoms with E-state index in [0.29, 0.717) is 10.1 Å². The van der Waals surface area contributed by atoms with E-state index in [4.69, 9.17) is 0 Å². The normalized spacial score (nSPS) is 23.2. The summed E-state index contributed by atoms with van der Waals surface area (Å²) in [6.45, 7) is -1.14. The van der Waals surface area contributed by atoms with Gasteiger partial charge in [0.05, 0.1) is 10.9 Å². The molecule has 0 unspecified atom stereocenters. The minimum atomic E-state index is -4.34. The second kappa shape index (κ2) is 6.38. The molecule has 1 N–H and O–H groups in total. The van der Waals surface area contributed by atoms with E-state index in [0.717, 1.165) is 42.0 Å². The summed E-state index contributed by atoms with van der Waals surface area (Å²) >= 11 is 1.15. The molecule has 1 saturated heterocycles. The molecule has 2 fully saturated rings. The van der Waals surface area contributed by atoms with Crippen LogP contribution in [0.5, 0.6) is 0 Å². The monoisotopic (exact) mass is 344 g/mol. The highest BCUT2D eigenvalue weighted by Crippen LogP contribution is 2.29. The lowest BCUT2D eigenvalue weighted by Crippen LogP contribution is -2.21. The van der Waals surface area contributed by atoms with Crippen molar-refractivity contribution in [2.75, 3.05) is 0 Å². The molecule has 0 radical (unpaired) electrons. The summed E-state index contributed by atoms with van der Waals surface area (Å²) in [4.78, 5) is 20.6. The summed E-state index contributed by atoms with van der Waals surface area (Å²) in [6, 6.07) is 0.226. The van der Waals surface area contributed by atoms with Crippen molar-refractivity contribution in [3.63, 3.8) is 0 Å². The van der Waals surface area contributed by atoms with Crippen LogP contribution in [0, 0.1) is 0 Å². The molecule has 0 spiro atoms. The van der Waals surface area contributed by atoms with Gasteiger partial charge in [-0.2, -0.15) is 13.2 Å². The van der Waals surface area contributed by atoms with Gasteiger partial charge in [0.15, 0.2) is 5.17 Å². The highest BCUT2D eigenvalue weighted by molar-refractivity contribution is 8.18. The molecule has 1 amide bonds. The van der Waals surface area contributed by atoms with Gasteiger partial charge in [-0.3, -0.25) is 9.79 Å². The number of aliphatic imine (C=N–C) groups is 1. The predicted octanol–water partition coefficient (Wildman–Crippen LogP) is 2.95. The molecule has 124 valence electrons. The van der Waals surface area contributed by atoms with Crippen LogP contribution >= 0.6 is 11.8 Å². The Hall–Kier alpha value is -1.77. The Balaban J connectivity index is 1.75. The van der Waals surface area contributed by atoms with E-state index in [-0.39, 0.29) is 17.8 Å². The number of nitrogens with one attached hydrogen (secondary N) is 1. The number of amides is 1. The standard InChI is InChI=1S/C14H15F3N4OS/c15-14(16,17)8-21-6-5-18-11(21)7-10-12(22)20-13(23-10)19-9-3-1-2-4-9/h5-7,9H,1-4,8H2,(H,19,20,22)/b10-7-. The number of carbonyl (C=O) groups is 1. The Bertz CT molecular complexity index is 659. The zero-order valence-corrected chi connectivity index (χ0v) is 13.0. The molecule has 1 aromatic rings. The molecule has 0 atom stereocenters. The van der Waals surface area contributed by atoms with Crippen molar-refractivity contribution in [1.29, 1.82) is 0 Å². The SMILES string of the molecule is O=C1NC(=NC2CCCC2)S/C1=C\c1nccn1CC(F)(F)F. The van der Waals surface area contributed by atoms with E-state index in [1.165, 1.54) is 18.5 Å². The number of alkyl halides is 3. The maximum absolute atomic E-state index is 12.5. The fraction of sp³-hybridized carbons (Fsp3) is 0.500. The first-order valence-corrected chi connectivity index (χ1v) is 8.09. The van der Waals surface area contributed by atoms with Crippen LogP contribution in [-0.4, -0.2) is 32.8 Å². The van der Waals surface area contributed by atoms with Gasteiger partial charge < -0.3 is 9.88 Å². The first-order chi connectivity index (χ1) is 10.9. The van der Waals surface area contributed by atoms with E-state index < -0.39 is 12.7 Å². The van der Waals surface area contributed by atoms with Gasteiger partial charge >= 0.3 is 6.18 Å². The van der Waals surface area contributed by atoms with Crippen LogP contribution in [0.25, 0.3) is 6.08 Å². The number of hydrogen-bond acceptors (Lipinski definition) is 4. The number of amidine groups is 1. The summed E-state index contributed by atoms with van der Waals surface area (Å²) in [6.07, 6.45) is 3.84. The highest BCUT2D eigenvalue weighted by atomic mass is 32.2. The summed E-state index contributed by atoms with van der Waals surface area (Å²) in [5.74, 6) is -0.254. The zero-order chi connectivity index (χ0) is 16.4. The first-order valence-electron chi connectivity index (χ1n) is 7.27. The largest absolute Gasteiger partial charge is 0.406 e. The van der Waals surface area contributed by atoms with Crippen molar-refractivity contribution in [3.8, 4) is 0 Å². The summed E-state index contributed by atoms with van der Waals surface area (Å²) in [5, 5.41) is 3.17. The Morgan fingerprint density at radius 2 is 2.17 bits per heavy atom. The summed E-state index contributed by atoms with van der Waals surface area (Å²) in [5.41, 5.74) is 0. The van der Waals surface area contributed by atoms with Gasteiger partial charge in [-0.05, 0) is 24.6 Å². The molecule has 9 heteroatoms. The summed E-state index contributed by atoms with van der Waals surface area (Å²) in [7, 11) is 0. The fourth-order valence-electron chi connectivity index (χ4n) is 2.59. The van der Waals surface area contributed by atoms with Crippen molar-refractivity contribution in [3.05, 3.63) is 23.1 Å². The van der Waals surface area contributed by atoms with Crippen molar-refractivity contribution >= 4 is 28.9 Å². The van der Waals surface area contributed by atoms with Crippen molar-refractivity contribution in [2.24, 2.45) is 4.99 Å². The molecule has 0 aromatic carbocycles. The van der Waals surface area contributed by atoms with Crippen molar-refractivity contribution in [1.82, 2.24) is 14.9 Å². The number of hydrogen-bond donors (Lipinski definition) is 1. The maximum atomic E-state index is 12.5. The molecule has 5 nitrogen and oxygen atoms in total. The number of thioether (sulfide) groups is 1. The minimum absolute atomic E-state index is 0.0992. The molecule has 2 aliphatic rings. The molecule has 1 aliphatic carbocycles. The Kier molecular flexibility index (Phi) is 4.47. The third kappa shape index (κ3) is 4.15. The lowest BCUT2D eigenvalue weighted by atomic mass is 10.3. The third-order valence-corrected chi connectivity index (χ3v) is 4.56. The molecule has 3 rings (SSSR count). The van der Waals surface area contributed by atoms with Gasteiger partial charge in [0.2, 0.25) is 0 Å². The van der Waals surface area contributed by atoms with Gasteiger partial charge in [0.25, 0.3) is 5.91 Å². The fourth-order valence-corrected chi connectivity index (χ4v) is 3.45. The van der Waals surface area contributed by atoms with Crippen molar-refractivity contribution in [2.45, 2.75) is 44.4 Å². The number of halogens is 3. The van der Waals surface area contributed by atoms with E-state index in [1.807, 2.05) is 0 Å². The third-order valence-electron chi connectivity index (χ3n) is 3.63. The smallest absolute Gasteiger partial charge is 0.322 e. The molecule has 0 bridgehead atoms. The summed E-state index contributed by atoms with van der Waals surface area (Å²) < 4.78 is 38.5. The Labute approximate surface area is 135 Å². The Morgan fingerprint density at radius 3 is 2.87 bits per heavy atom. The average Bonchev–Trinajstić information content (AvgIpc) is 3.14. The molecule has 1 aromatic heterocycles. The quantitative estimate of drug-likeness (QED) is 0.858. The van der Waals surface area contributed by atoms with Crippen LogP contribution in [0.1, 0.15) is 31.5 Å². The number of nitrogens with zero attached hydrogens (tertiary/aromatic N) is 3. The lowest BCUT2D eigenvalue weighted by molar-refractivity contribution is -0.140. The molecule has 1 aliphatic heterocycles. The average molecular weight is 344 g/mol. The van der Waals surface area contributed by atoms with E-state index in [2.05, 4.69) is 15.3 Å². The number of aromatic nitrogens is 2. The number of carbonyl (C=O) groups excluding carboxylic acids is 1. The first kappa shape index (κ1) is 16.1. The number of imidazole rings is 1. The maximum Gasteiger partial charge on any atom is 0.406 e. The van der Waals surface area contributed by atoms with Crippen molar-refractivity contribution < 1.29 is 18.0 Å². The van der Waals surface area contributed by atoms with Crippen LogP contribution in [0.15, 0.2) is 22.3 Å². The van der Waals surface area contributed by atoms with E-state index in [1.54, 1.807) is 0 Å². The topological polar surface area (TPSA) is 59.3 Å². The predicted molar refractivity (Wildman–Crippen MR) is 81.7 cm³/mol. The minimum Gasteiger partial charge on any atom is -0.322 e. The van der Waals surface area contributed by atoms with E-state index in [9.17, 15) is 18.0 Å². The van der Waals surface area contributed by atoms with Crippen LogP contribution in [0.3, 0.4) is 0 Å². The van der Waals surface area contributed by atoms with Gasteiger partial charge in [0.1, 0.15) is 12.4 Å². The van der Waals surface area contributed by atoms with Gasteiger partial charge in [-0.15, -0.1) is 0 Å². The van der Waals surface area contributed by atoms with Gasteiger partial charge in [-0.25, -0.2) is 4.98 Å². The molecular weight excluding hydrogens is 329 g/mol. The van der Waals surface area contributed by atoms with Crippen LogP contribution in [-0.2, 0) is 11.3 Å². The van der Waals surface area contributed by atoms with E-state index >= 15 is 0 Å². The molecular formula is C14H15F3N4OS. The molecule has 23 heavy (non-hydrogen) atoms. The van der Waals surface area contributed by atoms with Gasteiger partial charge in [0, 0.05) is 18.5 Å². The van der Waals surface area contributed by atoms with Crippen LogP contribution in [0.2, 0.25) is 0 Å². The second-order valence-electron chi connectivity index (χ2n) is 5.47. The lowest BCUT2D eigenvalue weighted by Gasteiger charge is -2.08. The zero-order valence-electron chi connectivity index (χ0n) is 12.1. The number of rotatable bonds is 3.